The third kappa shape index (κ3) is 2.82. The van der Waals surface area contributed by atoms with E-state index in [2.05, 4.69) is 0 Å². The van der Waals surface area contributed by atoms with Crippen LogP contribution in [0.1, 0.15) is 12.8 Å². The van der Waals surface area contributed by atoms with Crippen molar-refractivity contribution < 1.29 is 9.13 Å². The lowest BCUT2D eigenvalue weighted by Crippen LogP contribution is -2.45. The van der Waals surface area contributed by atoms with Gasteiger partial charge in [0.05, 0.1) is 5.69 Å². The molecule has 0 bridgehead atoms. The Bertz CT molecular complexity index is 380. The van der Waals surface area contributed by atoms with E-state index >= 15 is 0 Å². The summed E-state index contributed by atoms with van der Waals surface area (Å²) in [5, 5.41) is 0. The van der Waals surface area contributed by atoms with E-state index in [1.807, 2.05) is 18.0 Å². The van der Waals surface area contributed by atoms with Gasteiger partial charge in [-0.3, -0.25) is 0 Å². The number of likely N-dealkylation sites (N-methyl/N-ethyl adjacent to an activating group) is 1. The Morgan fingerprint density at radius 2 is 2.06 bits per heavy atom. The highest BCUT2D eigenvalue weighted by Crippen LogP contribution is 2.27. The number of nitrogens with two attached hydrogens (primary N) is 1. The maximum absolute atomic E-state index is 13.8. The molecule has 1 saturated heterocycles. The second kappa shape index (κ2) is 6.16. The lowest BCUT2D eigenvalue weighted by molar-refractivity contribution is 0.0587. The molecule has 4 heteroatoms. The summed E-state index contributed by atoms with van der Waals surface area (Å²) in [7, 11) is 1.92. The summed E-state index contributed by atoms with van der Waals surface area (Å²) >= 11 is 0. The fourth-order valence-corrected chi connectivity index (χ4v) is 2.68. The smallest absolute Gasteiger partial charge is 0.146 e. The van der Waals surface area contributed by atoms with Crippen molar-refractivity contribution >= 4 is 5.69 Å². The SMILES string of the molecule is CN(c1ccccc1F)C(CN)C1CCOCC1. The van der Waals surface area contributed by atoms with Crippen LogP contribution in [0.2, 0.25) is 0 Å². The number of hydrogen-bond donors (Lipinski definition) is 1. The van der Waals surface area contributed by atoms with Crippen LogP contribution in [0.4, 0.5) is 10.1 Å². The van der Waals surface area contributed by atoms with Gasteiger partial charge in [0, 0.05) is 32.8 Å². The second-order valence-electron chi connectivity index (χ2n) is 4.82. The minimum atomic E-state index is -0.189. The number of rotatable bonds is 4. The average molecular weight is 252 g/mol. The maximum atomic E-state index is 13.8. The van der Waals surface area contributed by atoms with Crippen LogP contribution in [0.15, 0.2) is 24.3 Å². The monoisotopic (exact) mass is 252 g/mol. The Morgan fingerprint density at radius 1 is 1.39 bits per heavy atom. The topological polar surface area (TPSA) is 38.5 Å². The van der Waals surface area contributed by atoms with Crippen molar-refractivity contribution in [2.75, 3.05) is 31.7 Å². The molecule has 2 N–H and O–H groups in total. The normalized spacial score (nSPS) is 18.6. The molecule has 0 spiro atoms. The van der Waals surface area contributed by atoms with Crippen LogP contribution in [0.5, 0.6) is 0 Å². The minimum Gasteiger partial charge on any atom is -0.381 e. The van der Waals surface area contributed by atoms with Gasteiger partial charge in [0.25, 0.3) is 0 Å². The second-order valence-corrected chi connectivity index (χ2v) is 4.82. The summed E-state index contributed by atoms with van der Waals surface area (Å²) in [4.78, 5) is 1.98. The highest BCUT2D eigenvalue weighted by atomic mass is 19.1. The number of halogens is 1. The summed E-state index contributed by atoms with van der Waals surface area (Å²) < 4.78 is 19.2. The molecule has 100 valence electrons. The van der Waals surface area contributed by atoms with Gasteiger partial charge in [-0.05, 0) is 30.9 Å². The zero-order chi connectivity index (χ0) is 13.0. The molecule has 1 aromatic rings. The number of anilines is 1. The van der Waals surface area contributed by atoms with Gasteiger partial charge in [0.1, 0.15) is 5.82 Å². The standard InChI is InChI=1S/C14H21FN2O/c1-17(13-5-3-2-4-12(13)15)14(10-16)11-6-8-18-9-7-11/h2-5,11,14H,6-10,16H2,1H3. The van der Waals surface area contributed by atoms with Crippen LogP contribution < -0.4 is 10.6 Å². The van der Waals surface area contributed by atoms with E-state index in [4.69, 9.17) is 10.5 Å². The highest BCUT2D eigenvalue weighted by Gasteiger charge is 2.27. The van der Waals surface area contributed by atoms with Crippen molar-refractivity contribution in [2.45, 2.75) is 18.9 Å². The molecule has 2 rings (SSSR count). The van der Waals surface area contributed by atoms with Gasteiger partial charge in [0.15, 0.2) is 0 Å². The molecule has 3 nitrogen and oxygen atoms in total. The summed E-state index contributed by atoms with van der Waals surface area (Å²) in [5.41, 5.74) is 6.51. The van der Waals surface area contributed by atoms with Crippen LogP contribution in [0.3, 0.4) is 0 Å². The lowest BCUT2D eigenvalue weighted by atomic mass is 9.90. The molecule has 0 saturated carbocycles. The van der Waals surface area contributed by atoms with Crippen LogP contribution in [-0.4, -0.2) is 32.8 Å². The van der Waals surface area contributed by atoms with Crippen LogP contribution in [0, 0.1) is 11.7 Å². The predicted octanol–water partition coefficient (Wildman–Crippen LogP) is 2.02. The third-order valence-electron chi connectivity index (χ3n) is 3.78. The van der Waals surface area contributed by atoms with E-state index in [9.17, 15) is 4.39 Å². The third-order valence-corrected chi connectivity index (χ3v) is 3.78. The molecule has 0 aromatic heterocycles. The fourth-order valence-electron chi connectivity index (χ4n) is 2.68. The largest absolute Gasteiger partial charge is 0.381 e. The molecular formula is C14H21FN2O. The van der Waals surface area contributed by atoms with Crippen LogP contribution in [-0.2, 0) is 4.74 Å². The van der Waals surface area contributed by atoms with Crippen molar-refractivity contribution in [1.82, 2.24) is 0 Å². The van der Waals surface area contributed by atoms with Gasteiger partial charge in [0.2, 0.25) is 0 Å². The molecule has 1 aliphatic rings. The van der Waals surface area contributed by atoms with Crippen LogP contribution in [0.25, 0.3) is 0 Å². The van der Waals surface area contributed by atoms with Gasteiger partial charge in [-0.15, -0.1) is 0 Å². The van der Waals surface area contributed by atoms with Crippen molar-refractivity contribution in [3.63, 3.8) is 0 Å². The number of hydrogen-bond acceptors (Lipinski definition) is 3. The average Bonchev–Trinajstić information content (AvgIpc) is 2.41. The number of benzene rings is 1. The van der Waals surface area contributed by atoms with E-state index in [1.165, 1.54) is 6.07 Å². The fraction of sp³-hybridized carbons (Fsp3) is 0.571. The Balaban J connectivity index is 2.14. The number of para-hydroxylation sites is 1. The van der Waals surface area contributed by atoms with Gasteiger partial charge < -0.3 is 15.4 Å². The minimum absolute atomic E-state index is 0.172. The van der Waals surface area contributed by atoms with Crippen molar-refractivity contribution in [2.24, 2.45) is 11.7 Å². The first kappa shape index (κ1) is 13.3. The van der Waals surface area contributed by atoms with Crippen LogP contribution >= 0.6 is 0 Å². The van der Waals surface area contributed by atoms with Crippen molar-refractivity contribution in [1.29, 1.82) is 0 Å². The molecule has 0 radical (unpaired) electrons. The Labute approximate surface area is 108 Å². The summed E-state index contributed by atoms with van der Waals surface area (Å²) in [5.74, 6) is 0.291. The Hall–Kier alpha value is -1.13. The van der Waals surface area contributed by atoms with Gasteiger partial charge in [-0.25, -0.2) is 4.39 Å². The summed E-state index contributed by atoms with van der Waals surface area (Å²) in [6, 6.07) is 7.02. The summed E-state index contributed by atoms with van der Waals surface area (Å²) in [6.07, 6.45) is 2.00. The number of nitrogens with zero attached hydrogens (tertiary/aromatic N) is 1. The molecule has 1 aliphatic heterocycles. The first-order chi connectivity index (χ1) is 8.74. The zero-order valence-corrected chi connectivity index (χ0v) is 10.8. The molecule has 0 aliphatic carbocycles. The summed E-state index contributed by atoms with van der Waals surface area (Å²) in [6.45, 7) is 2.11. The van der Waals surface area contributed by atoms with E-state index < -0.39 is 0 Å². The quantitative estimate of drug-likeness (QED) is 0.891. The molecule has 0 amide bonds. The van der Waals surface area contributed by atoms with E-state index in [0.29, 0.717) is 18.2 Å². The Kier molecular flexibility index (Phi) is 4.55. The predicted molar refractivity (Wildman–Crippen MR) is 71.2 cm³/mol. The molecule has 1 fully saturated rings. The molecule has 1 unspecified atom stereocenters. The zero-order valence-electron chi connectivity index (χ0n) is 10.8. The van der Waals surface area contributed by atoms with Crippen molar-refractivity contribution in [3.8, 4) is 0 Å². The molecule has 1 atom stereocenters. The van der Waals surface area contributed by atoms with E-state index in [-0.39, 0.29) is 11.9 Å². The van der Waals surface area contributed by atoms with Crippen molar-refractivity contribution in [3.05, 3.63) is 30.1 Å². The first-order valence-electron chi connectivity index (χ1n) is 6.49. The molecule has 1 aromatic carbocycles. The first-order valence-corrected chi connectivity index (χ1v) is 6.49. The van der Waals surface area contributed by atoms with Gasteiger partial charge >= 0.3 is 0 Å². The van der Waals surface area contributed by atoms with Gasteiger partial charge in [-0.2, -0.15) is 0 Å². The number of ether oxygens (including phenoxy) is 1. The molecule has 18 heavy (non-hydrogen) atoms. The Morgan fingerprint density at radius 3 is 2.67 bits per heavy atom. The lowest BCUT2D eigenvalue weighted by Gasteiger charge is -2.37. The molecule has 1 heterocycles. The van der Waals surface area contributed by atoms with E-state index in [0.717, 1.165) is 26.1 Å². The van der Waals surface area contributed by atoms with E-state index in [1.54, 1.807) is 12.1 Å². The van der Waals surface area contributed by atoms with Gasteiger partial charge in [-0.1, -0.05) is 12.1 Å². The highest BCUT2D eigenvalue weighted by molar-refractivity contribution is 5.48. The maximum Gasteiger partial charge on any atom is 0.146 e. The molecular weight excluding hydrogens is 231 g/mol.